The van der Waals surface area contributed by atoms with Crippen molar-refractivity contribution in [2.24, 2.45) is 5.84 Å². The lowest BCUT2D eigenvalue weighted by molar-refractivity contribution is 0.0604. The van der Waals surface area contributed by atoms with E-state index in [0.717, 1.165) is 6.07 Å². The van der Waals surface area contributed by atoms with Gasteiger partial charge in [-0.2, -0.15) is 0 Å². The molecule has 3 N–H and O–H groups in total. The van der Waals surface area contributed by atoms with Crippen LogP contribution in [0.25, 0.3) is 0 Å². The molecule has 1 atom stereocenters. The van der Waals surface area contributed by atoms with Gasteiger partial charge in [0.25, 0.3) is 0 Å². The lowest BCUT2D eigenvalue weighted by Gasteiger charge is -2.19. The van der Waals surface area contributed by atoms with Gasteiger partial charge in [-0.15, -0.1) is 0 Å². The number of rotatable bonds is 5. The fraction of sp³-hybridized carbons (Fsp3) is 0.500. The highest BCUT2D eigenvalue weighted by atomic mass is 19.1. The highest BCUT2D eigenvalue weighted by molar-refractivity contribution is 5.28. The first-order chi connectivity index (χ1) is 7.95. The van der Waals surface area contributed by atoms with E-state index < -0.39 is 17.7 Å². The van der Waals surface area contributed by atoms with E-state index in [-0.39, 0.29) is 12.7 Å². The number of aryl methyl sites for hydroxylation is 1. The van der Waals surface area contributed by atoms with Crippen molar-refractivity contribution < 1.29 is 13.5 Å². The summed E-state index contributed by atoms with van der Waals surface area (Å²) in [6, 6.07) is 1.82. The highest BCUT2D eigenvalue weighted by Crippen LogP contribution is 2.21. The number of hydrogen-bond donors (Lipinski definition) is 2. The minimum absolute atomic E-state index is 0.0236. The molecule has 1 rings (SSSR count). The van der Waals surface area contributed by atoms with E-state index >= 15 is 0 Å². The second kappa shape index (κ2) is 6.05. The molecule has 0 aromatic heterocycles. The molecule has 0 radical (unpaired) electrons. The molecule has 1 aromatic carbocycles. The molecular formula is C12H18F2N2O. The van der Waals surface area contributed by atoms with Gasteiger partial charge in [-0.05, 0) is 32.4 Å². The number of hydrogen-bond acceptors (Lipinski definition) is 3. The van der Waals surface area contributed by atoms with E-state index in [0.29, 0.717) is 11.1 Å². The SMILES string of the molecule is Cc1cc(C(COC(C)C)NN)c(F)cc1F. The first-order valence-corrected chi connectivity index (χ1v) is 5.49. The summed E-state index contributed by atoms with van der Waals surface area (Å²) in [5.74, 6) is 4.17. The Balaban J connectivity index is 2.91. The fourth-order valence-corrected chi connectivity index (χ4v) is 1.46. The lowest BCUT2D eigenvalue weighted by Crippen LogP contribution is -2.33. The Kier molecular flexibility index (Phi) is 4.99. The molecule has 0 aliphatic carbocycles. The Bertz CT molecular complexity index is 383. The van der Waals surface area contributed by atoms with E-state index in [9.17, 15) is 8.78 Å². The second-order valence-electron chi connectivity index (χ2n) is 4.22. The van der Waals surface area contributed by atoms with Crippen molar-refractivity contribution in [3.05, 3.63) is 34.9 Å². The molecule has 96 valence electrons. The normalized spacial score (nSPS) is 13.1. The van der Waals surface area contributed by atoms with Gasteiger partial charge in [-0.1, -0.05) is 0 Å². The van der Waals surface area contributed by atoms with E-state index in [4.69, 9.17) is 10.6 Å². The summed E-state index contributed by atoms with van der Waals surface area (Å²) >= 11 is 0. The molecule has 0 heterocycles. The van der Waals surface area contributed by atoms with Gasteiger partial charge in [0.15, 0.2) is 0 Å². The first kappa shape index (κ1) is 14.0. The van der Waals surface area contributed by atoms with Gasteiger partial charge in [0, 0.05) is 11.6 Å². The molecule has 0 spiro atoms. The molecule has 0 amide bonds. The number of benzene rings is 1. The van der Waals surface area contributed by atoms with Crippen LogP contribution in [0, 0.1) is 18.6 Å². The zero-order valence-electron chi connectivity index (χ0n) is 10.3. The largest absolute Gasteiger partial charge is 0.377 e. The van der Waals surface area contributed by atoms with Crippen molar-refractivity contribution in [3.8, 4) is 0 Å². The van der Waals surface area contributed by atoms with Crippen LogP contribution in [-0.2, 0) is 4.74 Å². The van der Waals surface area contributed by atoms with E-state index in [1.807, 2.05) is 13.8 Å². The van der Waals surface area contributed by atoms with E-state index in [1.165, 1.54) is 6.07 Å². The van der Waals surface area contributed by atoms with Gasteiger partial charge in [-0.3, -0.25) is 11.3 Å². The van der Waals surface area contributed by atoms with Crippen LogP contribution < -0.4 is 11.3 Å². The minimum Gasteiger partial charge on any atom is -0.377 e. The molecule has 0 bridgehead atoms. The van der Waals surface area contributed by atoms with E-state index in [1.54, 1.807) is 6.92 Å². The quantitative estimate of drug-likeness (QED) is 0.616. The third-order valence-corrected chi connectivity index (χ3v) is 2.45. The van der Waals surface area contributed by atoms with Crippen molar-refractivity contribution in [1.29, 1.82) is 0 Å². The van der Waals surface area contributed by atoms with Gasteiger partial charge in [0.05, 0.1) is 18.8 Å². The maximum Gasteiger partial charge on any atom is 0.131 e. The van der Waals surface area contributed by atoms with Crippen LogP contribution in [-0.4, -0.2) is 12.7 Å². The number of nitrogens with two attached hydrogens (primary N) is 1. The molecule has 0 saturated carbocycles. The van der Waals surface area contributed by atoms with Crippen molar-refractivity contribution in [3.63, 3.8) is 0 Å². The summed E-state index contributed by atoms with van der Waals surface area (Å²) < 4.78 is 32.1. The predicted molar refractivity (Wildman–Crippen MR) is 62.2 cm³/mol. The standard InChI is InChI=1S/C12H18F2N2O/c1-7(2)17-6-12(16-15)9-4-8(3)10(13)5-11(9)14/h4-5,7,12,16H,6,15H2,1-3H3. The summed E-state index contributed by atoms with van der Waals surface area (Å²) in [5.41, 5.74) is 3.17. The van der Waals surface area contributed by atoms with Crippen LogP contribution in [0.5, 0.6) is 0 Å². The first-order valence-electron chi connectivity index (χ1n) is 5.49. The van der Waals surface area contributed by atoms with Crippen molar-refractivity contribution in [1.82, 2.24) is 5.43 Å². The maximum atomic E-state index is 13.6. The number of nitrogens with one attached hydrogen (secondary N) is 1. The van der Waals surface area contributed by atoms with Crippen LogP contribution in [0.1, 0.15) is 31.0 Å². The van der Waals surface area contributed by atoms with Gasteiger partial charge in [0.2, 0.25) is 0 Å². The van der Waals surface area contributed by atoms with Crippen LogP contribution in [0.15, 0.2) is 12.1 Å². The van der Waals surface area contributed by atoms with Gasteiger partial charge in [-0.25, -0.2) is 8.78 Å². The Morgan fingerprint density at radius 3 is 2.47 bits per heavy atom. The van der Waals surface area contributed by atoms with Crippen LogP contribution >= 0.6 is 0 Å². The van der Waals surface area contributed by atoms with Crippen molar-refractivity contribution in [2.45, 2.75) is 32.9 Å². The highest BCUT2D eigenvalue weighted by Gasteiger charge is 2.17. The van der Waals surface area contributed by atoms with Crippen LogP contribution in [0.3, 0.4) is 0 Å². The van der Waals surface area contributed by atoms with Gasteiger partial charge < -0.3 is 4.74 Å². The zero-order chi connectivity index (χ0) is 13.0. The van der Waals surface area contributed by atoms with Crippen molar-refractivity contribution >= 4 is 0 Å². The zero-order valence-corrected chi connectivity index (χ0v) is 10.3. The molecule has 0 saturated heterocycles. The lowest BCUT2D eigenvalue weighted by atomic mass is 10.0. The predicted octanol–water partition coefficient (Wildman–Crippen LogP) is 2.20. The summed E-state index contributed by atoms with van der Waals surface area (Å²) in [6.45, 7) is 5.56. The minimum atomic E-state index is -0.622. The fourth-order valence-electron chi connectivity index (χ4n) is 1.46. The Labute approximate surface area is 99.9 Å². The molecule has 1 unspecified atom stereocenters. The maximum absolute atomic E-state index is 13.6. The molecule has 0 fully saturated rings. The Morgan fingerprint density at radius 2 is 1.94 bits per heavy atom. The third-order valence-electron chi connectivity index (χ3n) is 2.45. The molecule has 0 aliphatic heterocycles. The molecular weight excluding hydrogens is 226 g/mol. The average Bonchev–Trinajstić information content (AvgIpc) is 2.25. The smallest absolute Gasteiger partial charge is 0.131 e. The Morgan fingerprint density at radius 1 is 1.29 bits per heavy atom. The topological polar surface area (TPSA) is 47.3 Å². The monoisotopic (exact) mass is 244 g/mol. The van der Waals surface area contributed by atoms with Crippen LogP contribution in [0.4, 0.5) is 8.78 Å². The van der Waals surface area contributed by atoms with Gasteiger partial charge >= 0.3 is 0 Å². The second-order valence-corrected chi connectivity index (χ2v) is 4.22. The number of hydrazine groups is 1. The van der Waals surface area contributed by atoms with Crippen molar-refractivity contribution in [2.75, 3.05) is 6.61 Å². The van der Waals surface area contributed by atoms with Gasteiger partial charge in [0.1, 0.15) is 11.6 Å². The van der Waals surface area contributed by atoms with Crippen LogP contribution in [0.2, 0.25) is 0 Å². The molecule has 17 heavy (non-hydrogen) atoms. The molecule has 0 aliphatic rings. The number of ether oxygens (including phenoxy) is 1. The summed E-state index contributed by atoms with van der Waals surface area (Å²) in [7, 11) is 0. The Hall–Kier alpha value is -1.04. The molecule has 1 aromatic rings. The summed E-state index contributed by atoms with van der Waals surface area (Å²) in [5, 5.41) is 0. The summed E-state index contributed by atoms with van der Waals surface area (Å²) in [6.07, 6.45) is 0.0236. The average molecular weight is 244 g/mol. The van der Waals surface area contributed by atoms with E-state index in [2.05, 4.69) is 5.43 Å². The number of halogens is 2. The third kappa shape index (κ3) is 3.73. The molecule has 5 heteroatoms. The molecule has 3 nitrogen and oxygen atoms in total. The summed E-state index contributed by atoms with van der Waals surface area (Å²) in [4.78, 5) is 0.